The molecule has 3 nitrogen and oxygen atoms in total. The van der Waals surface area contributed by atoms with Gasteiger partial charge in [-0.1, -0.05) is 18.2 Å². The molecule has 0 fully saturated rings. The lowest BCUT2D eigenvalue weighted by atomic mass is 9.89. The van der Waals surface area contributed by atoms with Gasteiger partial charge in [0.2, 0.25) is 5.91 Å². The molecule has 1 unspecified atom stereocenters. The largest absolute Gasteiger partial charge is 0.387 e. The minimum atomic E-state index is -0.449. The Balaban J connectivity index is 2.13. The number of hydrogen-bond donors (Lipinski definition) is 2. The lowest BCUT2D eigenvalue weighted by Crippen LogP contribution is -2.29. The van der Waals surface area contributed by atoms with Crippen LogP contribution in [-0.2, 0) is 17.6 Å². The number of hydrogen-bond acceptors (Lipinski definition) is 2. The predicted molar refractivity (Wildman–Crippen MR) is 66.7 cm³/mol. The molecular weight excluding hydrogens is 214 g/mol. The molecule has 2 N–H and O–H groups in total. The number of rotatable bonds is 3. The van der Waals surface area contributed by atoms with Crippen molar-refractivity contribution < 1.29 is 9.90 Å². The highest BCUT2D eigenvalue weighted by atomic mass is 16.3. The molecule has 1 aromatic rings. The summed E-state index contributed by atoms with van der Waals surface area (Å²) in [5.41, 5.74) is 3.98. The molecule has 0 aromatic heterocycles. The number of carbonyl (C=O) groups excluding carboxylic acids is 1. The zero-order valence-electron chi connectivity index (χ0n) is 10.2. The van der Waals surface area contributed by atoms with E-state index in [1.807, 2.05) is 6.92 Å². The summed E-state index contributed by atoms with van der Waals surface area (Å²) in [6.45, 7) is 1.49. The maximum Gasteiger partial charge on any atom is 0.246 e. The Bertz CT molecular complexity index is 415. The van der Waals surface area contributed by atoms with E-state index >= 15 is 0 Å². The summed E-state index contributed by atoms with van der Waals surface area (Å²) in [5, 5.41) is 11.5. The summed E-state index contributed by atoms with van der Waals surface area (Å²) in [5.74, 6) is -0.324. The van der Waals surface area contributed by atoms with Crippen molar-refractivity contribution >= 4 is 5.91 Å². The van der Waals surface area contributed by atoms with E-state index in [-0.39, 0.29) is 11.9 Å². The number of nitrogens with one attached hydrogen (secondary N) is 1. The van der Waals surface area contributed by atoms with Gasteiger partial charge in [-0.25, -0.2) is 0 Å². The van der Waals surface area contributed by atoms with Crippen molar-refractivity contribution in [3.8, 4) is 0 Å². The second-order valence-electron chi connectivity index (χ2n) is 4.68. The normalized spacial score (nSPS) is 16.1. The first-order chi connectivity index (χ1) is 8.20. The van der Waals surface area contributed by atoms with E-state index in [0.717, 1.165) is 12.0 Å². The average Bonchev–Trinajstić information content (AvgIpc) is 2.38. The highest BCUT2D eigenvalue weighted by Crippen LogP contribution is 2.24. The standard InChI is InChI=1S/C14H19NO2/c1-10(15-14(17)9-16)12-7-6-11-4-2-3-5-13(11)8-12/h6-8,10,16H,2-5,9H2,1H3,(H,15,17). The fourth-order valence-corrected chi connectivity index (χ4v) is 2.39. The second-order valence-corrected chi connectivity index (χ2v) is 4.68. The zero-order chi connectivity index (χ0) is 12.3. The van der Waals surface area contributed by atoms with Crippen LogP contribution < -0.4 is 5.32 Å². The molecule has 1 aliphatic carbocycles. The van der Waals surface area contributed by atoms with Gasteiger partial charge in [-0.05, 0) is 49.3 Å². The van der Waals surface area contributed by atoms with Crippen molar-refractivity contribution in [2.24, 2.45) is 0 Å². The van der Waals surface area contributed by atoms with E-state index in [1.165, 1.54) is 30.4 Å². The molecule has 0 heterocycles. The van der Waals surface area contributed by atoms with Crippen LogP contribution in [0.5, 0.6) is 0 Å². The van der Waals surface area contributed by atoms with E-state index < -0.39 is 6.61 Å². The third-order valence-corrected chi connectivity index (χ3v) is 3.39. The molecule has 0 saturated heterocycles. The van der Waals surface area contributed by atoms with Crippen molar-refractivity contribution in [2.75, 3.05) is 6.61 Å². The van der Waals surface area contributed by atoms with Gasteiger partial charge < -0.3 is 10.4 Å². The van der Waals surface area contributed by atoms with E-state index in [4.69, 9.17) is 5.11 Å². The van der Waals surface area contributed by atoms with Crippen LogP contribution in [0, 0.1) is 0 Å². The molecule has 0 bridgehead atoms. The Morgan fingerprint density at radius 2 is 2.06 bits per heavy atom. The van der Waals surface area contributed by atoms with Gasteiger partial charge in [0.15, 0.2) is 0 Å². The van der Waals surface area contributed by atoms with Crippen molar-refractivity contribution in [2.45, 2.75) is 38.6 Å². The minimum Gasteiger partial charge on any atom is -0.387 e. The summed E-state index contributed by atoms with van der Waals surface area (Å²) < 4.78 is 0. The Hall–Kier alpha value is -1.35. The van der Waals surface area contributed by atoms with Gasteiger partial charge in [-0.2, -0.15) is 0 Å². The van der Waals surface area contributed by atoms with Gasteiger partial charge in [0.1, 0.15) is 6.61 Å². The lowest BCUT2D eigenvalue weighted by molar-refractivity contribution is -0.124. The number of aliphatic hydroxyl groups excluding tert-OH is 1. The van der Waals surface area contributed by atoms with E-state index in [0.29, 0.717) is 0 Å². The first-order valence-electron chi connectivity index (χ1n) is 6.22. The molecular formula is C14H19NO2. The number of amides is 1. The van der Waals surface area contributed by atoms with Gasteiger partial charge in [0.05, 0.1) is 6.04 Å². The molecule has 1 aromatic carbocycles. The summed E-state index contributed by atoms with van der Waals surface area (Å²) in [4.78, 5) is 11.1. The Kier molecular flexibility index (Phi) is 3.79. The highest BCUT2D eigenvalue weighted by Gasteiger charge is 2.13. The summed E-state index contributed by atoms with van der Waals surface area (Å²) >= 11 is 0. The van der Waals surface area contributed by atoms with Gasteiger partial charge in [-0.15, -0.1) is 0 Å². The van der Waals surface area contributed by atoms with Crippen molar-refractivity contribution in [1.82, 2.24) is 5.32 Å². The number of fused-ring (bicyclic) bond motifs is 1. The lowest BCUT2D eigenvalue weighted by Gasteiger charge is -2.19. The highest BCUT2D eigenvalue weighted by molar-refractivity contribution is 5.77. The van der Waals surface area contributed by atoms with Crippen LogP contribution >= 0.6 is 0 Å². The summed E-state index contributed by atoms with van der Waals surface area (Å²) in [6, 6.07) is 6.40. The smallest absolute Gasteiger partial charge is 0.246 e. The number of benzene rings is 1. The van der Waals surface area contributed by atoms with Crippen molar-refractivity contribution in [3.05, 3.63) is 34.9 Å². The predicted octanol–water partition coefficient (Wildman–Crippen LogP) is 1.73. The third kappa shape index (κ3) is 2.86. The van der Waals surface area contributed by atoms with Gasteiger partial charge >= 0.3 is 0 Å². The monoisotopic (exact) mass is 233 g/mol. The molecule has 2 rings (SSSR count). The zero-order valence-corrected chi connectivity index (χ0v) is 10.2. The van der Waals surface area contributed by atoms with E-state index in [2.05, 4.69) is 23.5 Å². The summed E-state index contributed by atoms with van der Waals surface area (Å²) in [7, 11) is 0. The first-order valence-corrected chi connectivity index (χ1v) is 6.22. The van der Waals surface area contributed by atoms with Crippen molar-refractivity contribution in [1.29, 1.82) is 0 Å². The number of aryl methyl sites for hydroxylation is 2. The number of carbonyl (C=O) groups is 1. The van der Waals surface area contributed by atoms with Crippen molar-refractivity contribution in [3.63, 3.8) is 0 Å². The second kappa shape index (κ2) is 5.32. The summed E-state index contributed by atoms with van der Waals surface area (Å²) in [6.07, 6.45) is 4.85. The van der Waals surface area contributed by atoms with Crippen LogP contribution in [0.1, 0.15) is 42.5 Å². The molecule has 0 radical (unpaired) electrons. The van der Waals surface area contributed by atoms with Gasteiger partial charge in [0, 0.05) is 0 Å². The topological polar surface area (TPSA) is 49.3 Å². The SMILES string of the molecule is CC(NC(=O)CO)c1ccc2c(c1)CCCC2. The van der Waals surface area contributed by atoms with Crippen LogP contribution in [0.3, 0.4) is 0 Å². The molecule has 17 heavy (non-hydrogen) atoms. The Morgan fingerprint density at radius 3 is 2.76 bits per heavy atom. The molecule has 0 aliphatic heterocycles. The van der Waals surface area contributed by atoms with E-state index in [9.17, 15) is 4.79 Å². The minimum absolute atomic E-state index is 0.0399. The molecule has 1 atom stereocenters. The Labute approximate surface area is 102 Å². The Morgan fingerprint density at radius 1 is 1.35 bits per heavy atom. The number of aliphatic hydroxyl groups is 1. The quantitative estimate of drug-likeness (QED) is 0.835. The van der Waals surface area contributed by atoms with E-state index in [1.54, 1.807) is 0 Å². The molecule has 1 amide bonds. The molecule has 3 heteroatoms. The molecule has 0 saturated carbocycles. The first kappa shape index (κ1) is 12.1. The molecule has 1 aliphatic rings. The molecule has 92 valence electrons. The van der Waals surface area contributed by atoms with Crippen LogP contribution in [0.25, 0.3) is 0 Å². The van der Waals surface area contributed by atoms with Gasteiger partial charge in [0.25, 0.3) is 0 Å². The fraction of sp³-hybridized carbons (Fsp3) is 0.500. The van der Waals surface area contributed by atoms with Crippen LogP contribution in [0.2, 0.25) is 0 Å². The van der Waals surface area contributed by atoms with Crippen LogP contribution in [-0.4, -0.2) is 17.6 Å². The third-order valence-electron chi connectivity index (χ3n) is 3.39. The van der Waals surface area contributed by atoms with Gasteiger partial charge in [-0.3, -0.25) is 4.79 Å². The average molecular weight is 233 g/mol. The maximum atomic E-state index is 11.1. The fourth-order valence-electron chi connectivity index (χ4n) is 2.39. The maximum absolute atomic E-state index is 11.1. The molecule has 0 spiro atoms. The van der Waals surface area contributed by atoms with Crippen LogP contribution in [0.4, 0.5) is 0 Å². The van der Waals surface area contributed by atoms with Crippen LogP contribution in [0.15, 0.2) is 18.2 Å².